The third-order valence-corrected chi connectivity index (χ3v) is 6.77. The fourth-order valence-electron chi connectivity index (χ4n) is 5.00. The van der Waals surface area contributed by atoms with Crippen LogP contribution in [0, 0.1) is 17.2 Å². The maximum absolute atomic E-state index is 9.27. The quantitative estimate of drug-likeness (QED) is 0.445. The first-order chi connectivity index (χ1) is 16.2. The number of nitrogens with zero attached hydrogens (tertiary/aromatic N) is 5. The van der Waals surface area contributed by atoms with Gasteiger partial charge in [-0.15, -0.1) is 0 Å². The first-order valence-electron chi connectivity index (χ1n) is 11.3. The molecule has 0 unspecified atom stereocenters. The first-order valence-corrected chi connectivity index (χ1v) is 11.3. The highest BCUT2D eigenvalue weighted by molar-refractivity contribution is 6.02. The normalized spacial score (nSPS) is 15.9. The molecule has 0 radical (unpaired) electrons. The number of nitriles is 1. The van der Waals surface area contributed by atoms with Crippen LogP contribution in [0.5, 0.6) is 0 Å². The lowest BCUT2D eigenvalue weighted by Gasteiger charge is -2.14. The van der Waals surface area contributed by atoms with Crippen molar-refractivity contribution in [2.45, 2.75) is 13.0 Å². The first kappa shape index (κ1) is 19.7. The standard InChI is InChI=1S/C27H24N6/c1-32-24-7-6-21(12-22(24)15-31-32)27-26(20-4-2-18(13-28)3-5-20)23-9-11-33(25(23)16-30-27)17-19-8-10-29-14-19/h2-7,9,11-12,15-16,19,29H,8,10,14,17H2,1H3/t19-/m1/s1. The molecule has 2 aromatic carbocycles. The van der Waals surface area contributed by atoms with Gasteiger partial charge in [0, 0.05) is 41.7 Å². The average molecular weight is 433 g/mol. The Morgan fingerprint density at radius 3 is 2.70 bits per heavy atom. The summed E-state index contributed by atoms with van der Waals surface area (Å²) in [5.74, 6) is 0.645. The van der Waals surface area contributed by atoms with E-state index < -0.39 is 0 Å². The van der Waals surface area contributed by atoms with Gasteiger partial charge in [-0.05, 0) is 61.3 Å². The van der Waals surface area contributed by atoms with E-state index in [4.69, 9.17) is 4.98 Å². The van der Waals surface area contributed by atoms with Crippen LogP contribution in [-0.2, 0) is 13.6 Å². The van der Waals surface area contributed by atoms with E-state index in [9.17, 15) is 5.26 Å². The van der Waals surface area contributed by atoms with Crippen LogP contribution in [0.3, 0.4) is 0 Å². The van der Waals surface area contributed by atoms with Crippen LogP contribution >= 0.6 is 0 Å². The minimum Gasteiger partial charge on any atom is -0.346 e. The molecule has 0 spiro atoms. The number of fused-ring (bicyclic) bond motifs is 2. The van der Waals surface area contributed by atoms with Crippen molar-refractivity contribution in [3.05, 3.63) is 72.7 Å². The second kappa shape index (κ2) is 7.88. The number of rotatable bonds is 4. The van der Waals surface area contributed by atoms with Gasteiger partial charge in [0.1, 0.15) is 0 Å². The molecule has 0 bridgehead atoms. The molecule has 3 aromatic heterocycles. The van der Waals surface area contributed by atoms with Gasteiger partial charge in [0.2, 0.25) is 0 Å². The van der Waals surface area contributed by atoms with Gasteiger partial charge in [0.05, 0.1) is 40.8 Å². The summed E-state index contributed by atoms with van der Waals surface area (Å²) in [4.78, 5) is 4.99. The van der Waals surface area contributed by atoms with E-state index in [-0.39, 0.29) is 0 Å². The smallest absolute Gasteiger partial charge is 0.0991 e. The van der Waals surface area contributed by atoms with Gasteiger partial charge in [0.15, 0.2) is 0 Å². The molecule has 162 valence electrons. The van der Waals surface area contributed by atoms with E-state index in [1.54, 1.807) is 0 Å². The highest BCUT2D eigenvalue weighted by Gasteiger charge is 2.19. The zero-order chi connectivity index (χ0) is 22.4. The third kappa shape index (κ3) is 3.38. The molecule has 1 saturated heterocycles. The molecule has 6 nitrogen and oxygen atoms in total. The van der Waals surface area contributed by atoms with Crippen LogP contribution in [0.15, 0.2) is 67.1 Å². The van der Waals surface area contributed by atoms with Gasteiger partial charge in [0.25, 0.3) is 0 Å². The summed E-state index contributed by atoms with van der Waals surface area (Å²) in [5.41, 5.74) is 7.06. The Bertz CT molecular complexity index is 1510. The molecule has 0 amide bonds. The van der Waals surface area contributed by atoms with Gasteiger partial charge < -0.3 is 9.88 Å². The van der Waals surface area contributed by atoms with Crippen LogP contribution in [0.4, 0.5) is 0 Å². The Hall–Kier alpha value is -3.95. The Morgan fingerprint density at radius 1 is 1.06 bits per heavy atom. The fraction of sp³-hybridized carbons (Fsp3) is 0.222. The van der Waals surface area contributed by atoms with E-state index in [1.807, 2.05) is 48.4 Å². The number of hydrogen-bond acceptors (Lipinski definition) is 4. The molecule has 1 aliphatic rings. The topological polar surface area (TPSA) is 71.5 Å². The SMILES string of the molecule is Cn1ncc2cc(-c3ncc4c(ccn4C[C@@H]4CCNC4)c3-c3ccc(C#N)cc3)ccc21. The van der Waals surface area contributed by atoms with Crippen molar-refractivity contribution in [1.82, 2.24) is 24.6 Å². The van der Waals surface area contributed by atoms with Crippen molar-refractivity contribution in [3.63, 3.8) is 0 Å². The zero-order valence-electron chi connectivity index (χ0n) is 18.5. The highest BCUT2D eigenvalue weighted by atomic mass is 15.2. The van der Waals surface area contributed by atoms with Crippen LogP contribution in [-0.4, -0.2) is 32.4 Å². The number of pyridine rings is 1. The summed E-state index contributed by atoms with van der Waals surface area (Å²) in [6, 6.07) is 18.6. The van der Waals surface area contributed by atoms with Crippen LogP contribution in [0.25, 0.3) is 44.2 Å². The Kier molecular flexibility index (Phi) is 4.70. The van der Waals surface area contributed by atoms with Gasteiger partial charge in [-0.2, -0.15) is 10.4 Å². The zero-order valence-corrected chi connectivity index (χ0v) is 18.5. The summed E-state index contributed by atoms with van der Waals surface area (Å²) < 4.78 is 4.22. The van der Waals surface area contributed by atoms with E-state index in [1.165, 1.54) is 11.8 Å². The molecule has 5 aromatic rings. The van der Waals surface area contributed by atoms with Crippen molar-refractivity contribution in [2.24, 2.45) is 13.0 Å². The molecule has 6 heteroatoms. The number of aryl methyl sites for hydroxylation is 1. The predicted octanol–water partition coefficient (Wildman–Crippen LogP) is 4.74. The number of nitrogens with one attached hydrogen (secondary N) is 1. The summed E-state index contributed by atoms with van der Waals surface area (Å²) in [6.45, 7) is 3.16. The Morgan fingerprint density at radius 2 is 1.91 bits per heavy atom. The molecule has 1 fully saturated rings. The van der Waals surface area contributed by atoms with Crippen LogP contribution in [0.1, 0.15) is 12.0 Å². The molecule has 33 heavy (non-hydrogen) atoms. The van der Waals surface area contributed by atoms with Crippen molar-refractivity contribution in [3.8, 4) is 28.5 Å². The largest absolute Gasteiger partial charge is 0.346 e. The van der Waals surface area contributed by atoms with E-state index in [0.717, 1.165) is 58.4 Å². The summed E-state index contributed by atoms with van der Waals surface area (Å²) >= 11 is 0. The lowest BCUT2D eigenvalue weighted by Crippen LogP contribution is -2.14. The van der Waals surface area contributed by atoms with Crippen LogP contribution in [0.2, 0.25) is 0 Å². The molecule has 4 heterocycles. The highest BCUT2D eigenvalue weighted by Crippen LogP contribution is 2.38. The number of benzene rings is 2. The van der Waals surface area contributed by atoms with Gasteiger partial charge in [-0.3, -0.25) is 9.67 Å². The summed E-state index contributed by atoms with van der Waals surface area (Å²) in [5, 5.41) is 19.4. The third-order valence-electron chi connectivity index (χ3n) is 6.77. The molecular formula is C27H24N6. The lowest BCUT2D eigenvalue weighted by atomic mass is 9.95. The monoisotopic (exact) mass is 432 g/mol. The maximum Gasteiger partial charge on any atom is 0.0991 e. The van der Waals surface area contributed by atoms with Crippen molar-refractivity contribution in [1.29, 1.82) is 5.26 Å². The molecule has 6 rings (SSSR count). The van der Waals surface area contributed by atoms with Crippen molar-refractivity contribution in [2.75, 3.05) is 13.1 Å². The van der Waals surface area contributed by atoms with Crippen molar-refractivity contribution < 1.29 is 0 Å². The van der Waals surface area contributed by atoms with Gasteiger partial charge >= 0.3 is 0 Å². The van der Waals surface area contributed by atoms with E-state index >= 15 is 0 Å². The second-order valence-electron chi connectivity index (χ2n) is 8.84. The van der Waals surface area contributed by atoms with Gasteiger partial charge in [-0.1, -0.05) is 18.2 Å². The summed E-state index contributed by atoms with van der Waals surface area (Å²) in [6.07, 6.45) is 7.29. The molecule has 1 atom stereocenters. The van der Waals surface area contributed by atoms with E-state index in [2.05, 4.69) is 51.5 Å². The van der Waals surface area contributed by atoms with Gasteiger partial charge in [-0.25, -0.2) is 0 Å². The molecular weight excluding hydrogens is 408 g/mol. The minimum absolute atomic E-state index is 0.645. The molecule has 0 aliphatic carbocycles. The predicted molar refractivity (Wildman–Crippen MR) is 131 cm³/mol. The molecule has 0 saturated carbocycles. The number of aromatic nitrogens is 4. The maximum atomic E-state index is 9.27. The average Bonchev–Trinajstić information content (AvgIpc) is 3.60. The van der Waals surface area contributed by atoms with E-state index in [0.29, 0.717) is 11.5 Å². The second-order valence-corrected chi connectivity index (χ2v) is 8.84. The Labute approximate surface area is 192 Å². The fourth-order valence-corrected chi connectivity index (χ4v) is 5.00. The summed E-state index contributed by atoms with van der Waals surface area (Å²) in [7, 11) is 1.96. The molecule has 1 aliphatic heterocycles. The molecule has 1 N–H and O–H groups in total. The minimum atomic E-state index is 0.645. The van der Waals surface area contributed by atoms with Crippen molar-refractivity contribution >= 4 is 21.8 Å². The van der Waals surface area contributed by atoms with Crippen LogP contribution < -0.4 is 5.32 Å². The Balaban J connectivity index is 1.54. The number of hydrogen-bond donors (Lipinski definition) is 1. The lowest BCUT2D eigenvalue weighted by molar-refractivity contribution is 0.491.